The van der Waals surface area contributed by atoms with Crippen molar-refractivity contribution in [3.8, 4) is 5.75 Å². The molecule has 0 aliphatic rings. The fourth-order valence-electron chi connectivity index (χ4n) is 1.94. The van der Waals surface area contributed by atoms with E-state index in [-0.39, 0.29) is 23.9 Å². The highest BCUT2D eigenvalue weighted by molar-refractivity contribution is 5.81. The molecule has 0 spiro atoms. The van der Waals surface area contributed by atoms with Gasteiger partial charge in [0.05, 0.1) is 6.54 Å². The summed E-state index contributed by atoms with van der Waals surface area (Å²) in [4.78, 5) is 15.7. The van der Waals surface area contributed by atoms with Crippen molar-refractivity contribution in [3.05, 3.63) is 30.1 Å². The summed E-state index contributed by atoms with van der Waals surface area (Å²) in [5.74, 6) is 0.918. The predicted octanol–water partition coefficient (Wildman–Crippen LogP) is 1.67. The normalized spacial score (nSPS) is 12.7. The third kappa shape index (κ3) is 8.36. The van der Waals surface area contributed by atoms with Crippen LogP contribution in [0.5, 0.6) is 5.75 Å². The van der Waals surface area contributed by atoms with Crippen molar-refractivity contribution in [2.75, 3.05) is 20.1 Å². The Kier molecular flexibility index (Phi) is 8.60. The number of nitrogens with one attached hydrogen (secondary N) is 3. The number of rotatable bonds is 8. The molecule has 0 radical (unpaired) electrons. The molecule has 6 nitrogen and oxygen atoms in total. The first-order chi connectivity index (χ1) is 11.4. The number of guanidine groups is 1. The van der Waals surface area contributed by atoms with Gasteiger partial charge in [-0.05, 0) is 45.0 Å². The Morgan fingerprint density at radius 2 is 1.88 bits per heavy atom. The minimum Gasteiger partial charge on any atom is -0.489 e. The van der Waals surface area contributed by atoms with Crippen LogP contribution in [0.25, 0.3) is 0 Å². The Morgan fingerprint density at radius 1 is 1.21 bits per heavy atom. The standard InChI is InChI=1S/C17H27FN4O2/c1-12(2)22-16(23)9-10-20-17(19-4)21-11-13(3)24-15-7-5-14(18)6-8-15/h5-8,12-13H,9-11H2,1-4H3,(H,22,23)(H2,19,20,21). The highest BCUT2D eigenvalue weighted by Crippen LogP contribution is 2.12. The maximum absolute atomic E-state index is 12.8. The number of carbonyl (C=O) groups excluding carboxylic acids is 1. The molecule has 0 saturated heterocycles. The fourth-order valence-corrected chi connectivity index (χ4v) is 1.94. The summed E-state index contributed by atoms with van der Waals surface area (Å²) < 4.78 is 18.5. The molecule has 1 amide bonds. The number of hydrogen-bond donors (Lipinski definition) is 3. The number of nitrogens with zero attached hydrogens (tertiary/aromatic N) is 1. The van der Waals surface area contributed by atoms with Crippen molar-refractivity contribution in [1.29, 1.82) is 0 Å². The minimum atomic E-state index is -0.292. The summed E-state index contributed by atoms with van der Waals surface area (Å²) in [7, 11) is 1.66. The van der Waals surface area contributed by atoms with Gasteiger partial charge in [0, 0.05) is 26.1 Å². The summed E-state index contributed by atoms with van der Waals surface area (Å²) in [6.07, 6.45) is 0.249. The van der Waals surface area contributed by atoms with Gasteiger partial charge in [-0.3, -0.25) is 9.79 Å². The van der Waals surface area contributed by atoms with Crippen LogP contribution in [0.2, 0.25) is 0 Å². The molecule has 24 heavy (non-hydrogen) atoms. The SMILES string of the molecule is CN=C(NCCC(=O)NC(C)C)NCC(C)Oc1ccc(F)cc1. The molecule has 134 valence electrons. The first kappa shape index (κ1) is 19.7. The van der Waals surface area contributed by atoms with E-state index in [1.807, 2.05) is 20.8 Å². The second-order valence-corrected chi connectivity index (χ2v) is 5.73. The second-order valence-electron chi connectivity index (χ2n) is 5.73. The molecule has 0 aliphatic heterocycles. The van der Waals surface area contributed by atoms with Gasteiger partial charge in [0.2, 0.25) is 5.91 Å². The van der Waals surface area contributed by atoms with E-state index in [9.17, 15) is 9.18 Å². The number of ether oxygens (including phenoxy) is 1. The number of halogens is 1. The van der Waals surface area contributed by atoms with E-state index in [0.717, 1.165) is 0 Å². The quantitative estimate of drug-likeness (QED) is 0.498. The first-order valence-corrected chi connectivity index (χ1v) is 8.06. The Balaban J connectivity index is 2.27. The van der Waals surface area contributed by atoms with Gasteiger partial charge in [-0.1, -0.05) is 0 Å². The van der Waals surface area contributed by atoms with Gasteiger partial charge in [-0.15, -0.1) is 0 Å². The Hall–Kier alpha value is -2.31. The van der Waals surface area contributed by atoms with Crippen molar-refractivity contribution in [2.24, 2.45) is 4.99 Å². The van der Waals surface area contributed by atoms with E-state index >= 15 is 0 Å². The van der Waals surface area contributed by atoms with E-state index in [0.29, 0.717) is 31.2 Å². The number of hydrogen-bond acceptors (Lipinski definition) is 3. The monoisotopic (exact) mass is 338 g/mol. The van der Waals surface area contributed by atoms with Gasteiger partial charge in [-0.25, -0.2) is 4.39 Å². The zero-order valence-electron chi connectivity index (χ0n) is 14.7. The van der Waals surface area contributed by atoms with Gasteiger partial charge in [-0.2, -0.15) is 0 Å². The molecular weight excluding hydrogens is 311 g/mol. The number of benzene rings is 1. The van der Waals surface area contributed by atoms with Crippen molar-refractivity contribution < 1.29 is 13.9 Å². The van der Waals surface area contributed by atoms with Crippen LogP contribution in [0.4, 0.5) is 4.39 Å². The van der Waals surface area contributed by atoms with Crippen LogP contribution in [-0.4, -0.2) is 44.1 Å². The fraction of sp³-hybridized carbons (Fsp3) is 0.529. The molecule has 1 aromatic rings. The van der Waals surface area contributed by atoms with E-state index in [2.05, 4.69) is 20.9 Å². The zero-order chi connectivity index (χ0) is 17.9. The molecule has 0 aliphatic carbocycles. The van der Waals surface area contributed by atoms with Crippen LogP contribution in [0.3, 0.4) is 0 Å². The largest absolute Gasteiger partial charge is 0.489 e. The average Bonchev–Trinajstić information content (AvgIpc) is 2.52. The lowest BCUT2D eigenvalue weighted by Gasteiger charge is -2.18. The Bertz CT molecular complexity index is 532. The molecule has 0 saturated carbocycles. The van der Waals surface area contributed by atoms with Crippen LogP contribution in [-0.2, 0) is 4.79 Å². The summed E-state index contributed by atoms with van der Waals surface area (Å²) in [6.45, 7) is 6.77. The van der Waals surface area contributed by atoms with Gasteiger partial charge in [0.15, 0.2) is 5.96 Å². The molecule has 1 rings (SSSR count). The van der Waals surface area contributed by atoms with Crippen LogP contribution >= 0.6 is 0 Å². The number of aliphatic imine (C=N–C) groups is 1. The van der Waals surface area contributed by atoms with Crippen LogP contribution in [0, 0.1) is 5.82 Å². The van der Waals surface area contributed by atoms with Gasteiger partial charge in [0.25, 0.3) is 0 Å². The first-order valence-electron chi connectivity index (χ1n) is 8.06. The molecule has 3 N–H and O–H groups in total. The Labute approximate surface area is 142 Å². The molecule has 1 aromatic carbocycles. The van der Waals surface area contributed by atoms with Crippen LogP contribution in [0.15, 0.2) is 29.3 Å². The third-order valence-electron chi connectivity index (χ3n) is 3.03. The summed E-state index contributed by atoms with van der Waals surface area (Å²) in [6, 6.07) is 6.04. The topological polar surface area (TPSA) is 74.8 Å². The summed E-state index contributed by atoms with van der Waals surface area (Å²) in [5.41, 5.74) is 0. The number of amides is 1. The van der Waals surface area contributed by atoms with Gasteiger partial charge >= 0.3 is 0 Å². The minimum absolute atomic E-state index is 0.000893. The molecule has 0 aromatic heterocycles. The summed E-state index contributed by atoms with van der Waals surface area (Å²) in [5, 5.41) is 9.03. The lowest BCUT2D eigenvalue weighted by atomic mass is 10.3. The highest BCUT2D eigenvalue weighted by atomic mass is 19.1. The molecule has 7 heteroatoms. The third-order valence-corrected chi connectivity index (χ3v) is 3.03. The predicted molar refractivity (Wildman–Crippen MR) is 93.8 cm³/mol. The average molecular weight is 338 g/mol. The van der Waals surface area contributed by atoms with Gasteiger partial charge < -0.3 is 20.7 Å². The molecule has 1 unspecified atom stereocenters. The van der Waals surface area contributed by atoms with Crippen LogP contribution in [0.1, 0.15) is 27.2 Å². The maximum atomic E-state index is 12.8. The lowest BCUT2D eigenvalue weighted by molar-refractivity contribution is -0.121. The second kappa shape index (κ2) is 10.5. The van der Waals surface area contributed by atoms with E-state index in [1.165, 1.54) is 12.1 Å². The molecular formula is C17H27FN4O2. The van der Waals surface area contributed by atoms with Crippen molar-refractivity contribution in [1.82, 2.24) is 16.0 Å². The smallest absolute Gasteiger partial charge is 0.221 e. The van der Waals surface area contributed by atoms with Crippen molar-refractivity contribution in [3.63, 3.8) is 0 Å². The van der Waals surface area contributed by atoms with Crippen LogP contribution < -0.4 is 20.7 Å². The molecule has 0 fully saturated rings. The Morgan fingerprint density at radius 3 is 2.46 bits per heavy atom. The van der Waals surface area contributed by atoms with E-state index < -0.39 is 0 Å². The van der Waals surface area contributed by atoms with E-state index in [1.54, 1.807) is 19.2 Å². The lowest BCUT2D eigenvalue weighted by Crippen LogP contribution is -2.43. The molecule has 0 heterocycles. The van der Waals surface area contributed by atoms with E-state index in [4.69, 9.17) is 4.74 Å². The molecule has 1 atom stereocenters. The van der Waals surface area contributed by atoms with Crippen molar-refractivity contribution in [2.45, 2.75) is 39.3 Å². The molecule has 0 bridgehead atoms. The summed E-state index contributed by atoms with van der Waals surface area (Å²) >= 11 is 0. The number of carbonyl (C=O) groups is 1. The zero-order valence-corrected chi connectivity index (χ0v) is 14.7. The highest BCUT2D eigenvalue weighted by Gasteiger charge is 2.07. The maximum Gasteiger partial charge on any atom is 0.221 e. The van der Waals surface area contributed by atoms with Crippen molar-refractivity contribution >= 4 is 11.9 Å². The van der Waals surface area contributed by atoms with Gasteiger partial charge in [0.1, 0.15) is 17.7 Å².